The largest absolute Gasteiger partial charge is 0.393 e. The summed E-state index contributed by atoms with van der Waals surface area (Å²) in [5.74, 6) is 0. The van der Waals surface area contributed by atoms with E-state index in [4.69, 9.17) is 0 Å². The van der Waals surface area contributed by atoms with Crippen LogP contribution in [0.4, 0.5) is 4.39 Å². The number of hydrogen-bond acceptors (Lipinski definition) is 1. The molecule has 0 radical (unpaired) electrons. The van der Waals surface area contributed by atoms with Crippen molar-refractivity contribution >= 4 is 0 Å². The Balaban J connectivity index is 3.11. The van der Waals surface area contributed by atoms with Crippen LogP contribution in [0.3, 0.4) is 0 Å². The molecular weight excluding hydrogens is 359 g/mol. The fourth-order valence-electron chi connectivity index (χ4n) is 4.25. The van der Waals surface area contributed by atoms with Gasteiger partial charge in [0.05, 0.1) is 12.8 Å². The van der Waals surface area contributed by atoms with Gasteiger partial charge in [-0.3, -0.25) is 4.39 Å². The third-order valence-electron chi connectivity index (χ3n) is 6.31. The maximum absolute atomic E-state index is 12.0. The van der Waals surface area contributed by atoms with E-state index in [1.54, 1.807) is 0 Å². The van der Waals surface area contributed by atoms with Crippen LogP contribution in [0.2, 0.25) is 0 Å². The Morgan fingerprint density at radius 1 is 0.448 bits per heavy atom. The average Bonchev–Trinajstić information content (AvgIpc) is 2.72. The third-order valence-corrected chi connectivity index (χ3v) is 6.31. The van der Waals surface area contributed by atoms with Crippen LogP contribution >= 0.6 is 0 Å². The van der Waals surface area contributed by atoms with Crippen molar-refractivity contribution in [2.45, 2.75) is 167 Å². The molecule has 0 amide bonds. The molecule has 2 heteroatoms. The number of halogens is 1. The second-order valence-electron chi connectivity index (χ2n) is 9.34. The second-order valence-corrected chi connectivity index (χ2v) is 9.34. The number of unbranched alkanes of at least 4 members (excludes halogenated alkanes) is 20. The summed E-state index contributed by atoms with van der Waals surface area (Å²) in [6.45, 7) is 2.12. The molecule has 0 aromatic rings. The van der Waals surface area contributed by atoms with Crippen LogP contribution in [0.15, 0.2) is 0 Å². The van der Waals surface area contributed by atoms with Gasteiger partial charge in [-0.05, 0) is 19.3 Å². The van der Waals surface area contributed by atoms with Gasteiger partial charge in [0.1, 0.15) is 0 Å². The number of alkyl halides is 1. The molecule has 0 aliphatic heterocycles. The second kappa shape index (κ2) is 25.9. The van der Waals surface area contributed by atoms with Crippen LogP contribution in [0.5, 0.6) is 0 Å². The molecule has 176 valence electrons. The van der Waals surface area contributed by atoms with Crippen LogP contribution in [0.1, 0.15) is 161 Å². The molecule has 0 fully saturated rings. The van der Waals surface area contributed by atoms with Crippen molar-refractivity contribution in [3.63, 3.8) is 0 Å². The molecule has 0 aromatic carbocycles. The summed E-state index contributed by atoms with van der Waals surface area (Å²) in [5, 5.41) is 10.1. The van der Waals surface area contributed by atoms with Crippen molar-refractivity contribution in [1.82, 2.24) is 0 Å². The molecule has 0 aromatic heterocycles. The highest BCUT2D eigenvalue weighted by Crippen LogP contribution is 2.16. The van der Waals surface area contributed by atoms with Crippen LogP contribution in [0, 0.1) is 0 Å². The predicted octanol–water partition coefficient (Wildman–Crippen LogP) is 9.70. The summed E-state index contributed by atoms with van der Waals surface area (Å²) >= 11 is 0. The number of aliphatic hydroxyl groups is 1. The van der Waals surface area contributed by atoms with Crippen LogP contribution < -0.4 is 0 Å². The predicted molar refractivity (Wildman–Crippen MR) is 128 cm³/mol. The van der Waals surface area contributed by atoms with Crippen molar-refractivity contribution in [2.24, 2.45) is 0 Å². The highest BCUT2D eigenvalue weighted by molar-refractivity contribution is 4.58. The maximum Gasteiger partial charge on any atom is 0.0894 e. The maximum atomic E-state index is 12.0. The van der Waals surface area contributed by atoms with Crippen LogP contribution in [0.25, 0.3) is 0 Å². The van der Waals surface area contributed by atoms with Gasteiger partial charge in [-0.15, -0.1) is 0 Å². The van der Waals surface area contributed by atoms with Gasteiger partial charge in [0.2, 0.25) is 0 Å². The Hall–Kier alpha value is -0.110. The van der Waals surface area contributed by atoms with E-state index < -0.39 is 0 Å². The summed E-state index contributed by atoms with van der Waals surface area (Å²) in [5.41, 5.74) is 0. The number of rotatable bonds is 25. The first-order valence-corrected chi connectivity index (χ1v) is 13.5. The number of hydrogen-bond donors (Lipinski definition) is 1. The first-order valence-electron chi connectivity index (χ1n) is 13.5. The van der Waals surface area contributed by atoms with E-state index in [2.05, 4.69) is 6.92 Å². The summed E-state index contributed by atoms with van der Waals surface area (Å²) in [6.07, 6.45) is 30.6. The summed E-state index contributed by atoms with van der Waals surface area (Å²) in [4.78, 5) is 0. The lowest BCUT2D eigenvalue weighted by atomic mass is 10.0. The molecule has 0 bridgehead atoms. The van der Waals surface area contributed by atoms with Crippen molar-refractivity contribution in [3.05, 3.63) is 0 Å². The molecule has 0 heterocycles. The van der Waals surface area contributed by atoms with E-state index in [1.807, 2.05) is 0 Å². The molecule has 29 heavy (non-hydrogen) atoms. The molecule has 1 nitrogen and oxygen atoms in total. The molecular formula is C27H55FO. The van der Waals surface area contributed by atoms with Gasteiger partial charge in [-0.2, -0.15) is 0 Å². The molecule has 0 aliphatic carbocycles. The minimum Gasteiger partial charge on any atom is -0.393 e. The van der Waals surface area contributed by atoms with Crippen molar-refractivity contribution in [3.8, 4) is 0 Å². The fraction of sp³-hybridized carbons (Fsp3) is 1.00. The molecule has 0 aliphatic rings. The van der Waals surface area contributed by atoms with Gasteiger partial charge in [0.25, 0.3) is 0 Å². The summed E-state index contributed by atoms with van der Waals surface area (Å²) < 4.78 is 12.0. The fourth-order valence-corrected chi connectivity index (χ4v) is 4.25. The van der Waals surface area contributed by atoms with Crippen LogP contribution in [-0.4, -0.2) is 17.9 Å². The molecule has 0 saturated carbocycles. The molecule has 1 unspecified atom stereocenters. The zero-order valence-electron chi connectivity index (χ0n) is 20.1. The summed E-state index contributed by atoms with van der Waals surface area (Å²) in [6, 6.07) is 0. The van der Waals surface area contributed by atoms with E-state index in [0.717, 1.165) is 32.1 Å². The van der Waals surface area contributed by atoms with E-state index >= 15 is 0 Å². The zero-order valence-corrected chi connectivity index (χ0v) is 20.1. The van der Waals surface area contributed by atoms with E-state index in [9.17, 15) is 9.50 Å². The molecule has 1 N–H and O–H groups in total. The molecule has 0 saturated heterocycles. The van der Waals surface area contributed by atoms with Gasteiger partial charge < -0.3 is 5.11 Å². The number of aliphatic hydroxyl groups excluding tert-OH is 1. The third kappa shape index (κ3) is 25.9. The van der Waals surface area contributed by atoms with E-state index in [0.29, 0.717) is 0 Å². The Bertz CT molecular complexity index is 282. The highest BCUT2D eigenvalue weighted by atomic mass is 19.1. The monoisotopic (exact) mass is 414 g/mol. The van der Waals surface area contributed by atoms with Gasteiger partial charge in [0.15, 0.2) is 0 Å². The molecule has 1 atom stereocenters. The molecule has 0 rings (SSSR count). The van der Waals surface area contributed by atoms with Gasteiger partial charge in [-0.1, -0.05) is 142 Å². The normalized spacial score (nSPS) is 12.5. The lowest BCUT2D eigenvalue weighted by molar-refractivity contribution is 0.147. The van der Waals surface area contributed by atoms with Crippen molar-refractivity contribution in [1.29, 1.82) is 0 Å². The van der Waals surface area contributed by atoms with Gasteiger partial charge >= 0.3 is 0 Å². The molecule has 0 spiro atoms. The highest BCUT2D eigenvalue weighted by Gasteiger charge is 2.03. The van der Waals surface area contributed by atoms with E-state index in [-0.39, 0.29) is 12.8 Å². The SMILES string of the molecule is CCCCCCCCCCCCCCCCCC(O)CCCCCCCCCF. The Morgan fingerprint density at radius 2 is 0.724 bits per heavy atom. The van der Waals surface area contributed by atoms with Crippen molar-refractivity contribution < 1.29 is 9.50 Å². The minimum atomic E-state index is -0.161. The van der Waals surface area contributed by atoms with Crippen molar-refractivity contribution in [2.75, 3.05) is 6.67 Å². The smallest absolute Gasteiger partial charge is 0.0894 e. The average molecular weight is 415 g/mol. The Morgan fingerprint density at radius 3 is 1.03 bits per heavy atom. The standard InChI is InChI=1S/C27H55FO/c1-2-3-4-5-6-7-8-9-10-11-12-13-15-18-21-24-27(29)25-22-19-16-14-17-20-23-26-28/h27,29H,2-26H2,1H3. The quantitative estimate of drug-likeness (QED) is 0.147. The zero-order chi connectivity index (χ0) is 21.3. The summed E-state index contributed by atoms with van der Waals surface area (Å²) in [7, 11) is 0. The topological polar surface area (TPSA) is 20.2 Å². The lowest BCUT2D eigenvalue weighted by Crippen LogP contribution is -2.05. The van der Waals surface area contributed by atoms with Crippen LogP contribution in [-0.2, 0) is 0 Å². The minimum absolute atomic E-state index is 0.0801. The van der Waals surface area contributed by atoms with E-state index in [1.165, 1.54) is 122 Å². The Labute approximate surface area is 183 Å². The first kappa shape index (κ1) is 28.9. The Kier molecular flexibility index (Phi) is 25.8. The van der Waals surface area contributed by atoms with Gasteiger partial charge in [0, 0.05) is 0 Å². The van der Waals surface area contributed by atoms with Gasteiger partial charge in [-0.25, -0.2) is 0 Å². The first-order chi connectivity index (χ1) is 14.3. The lowest BCUT2D eigenvalue weighted by Gasteiger charge is -2.10.